The molecule has 0 amide bonds. The van der Waals surface area contributed by atoms with E-state index in [4.69, 9.17) is 9.47 Å². The van der Waals surface area contributed by atoms with Crippen molar-refractivity contribution in [2.24, 2.45) is 0 Å². The molecule has 2 atom stereocenters. The summed E-state index contributed by atoms with van der Waals surface area (Å²) in [6.07, 6.45) is 27.8. The molecule has 0 aromatic rings. The fraction of sp³-hybridized carbons (Fsp3) is 0.951. The maximum Gasteiger partial charge on any atom is 0.306 e. The monoisotopic (exact) mass is 732 g/mol. The van der Waals surface area contributed by atoms with Gasteiger partial charge in [0.05, 0.1) is 12.7 Å². The number of hydrogen-bond acceptors (Lipinski definition) is 9. The highest BCUT2D eigenvalue weighted by Crippen LogP contribution is 2.20. The fourth-order valence-corrected chi connectivity index (χ4v) is 7.03. The minimum absolute atomic E-state index is 0.0146. The van der Waals surface area contributed by atoms with Gasteiger partial charge < -0.3 is 24.2 Å². The van der Waals surface area contributed by atoms with Gasteiger partial charge in [0.2, 0.25) is 0 Å². The van der Waals surface area contributed by atoms with Crippen molar-refractivity contribution in [3.05, 3.63) is 0 Å². The highest BCUT2D eigenvalue weighted by Gasteiger charge is 2.19. The third-order valence-electron chi connectivity index (χ3n) is 9.61. The largest absolute Gasteiger partial charge is 0.466 e. The topological polar surface area (TPSA) is 117 Å². The van der Waals surface area contributed by atoms with Gasteiger partial charge in [0.15, 0.2) is 0 Å². The molecular weight excluding hydrogens is 651 g/mol. The predicted octanol–water partition coefficient (Wildman–Crippen LogP) is 10.7. The van der Waals surface area contributed by atoms with Gasteiger partial charge in [0.1, 0.15) is 6.10 Å². The Bertz CT molecular complexity index is 728. The molecule has 0 fully saturated rings. The number of rotatable bonds is 39. The van der Waals surface area contributed by atoms with Crippen molar-refractivity contribution in [2.75, 3.05) is 32.8 Å². The van der Waals surface area contributed by atoms with Crippen molar-refractivity contribution in [1.29, 1.82) is 0 Å². The first-order valence-corrected chi connectivity index (χ1v) is 21.9. The quantitative estimate of drug-likeness (QED) is 0.0323. The summed E-state index contributed by atoms with van der Waals surface area (Å²) >= 11 is 0.855. The third kappa shape index (κ3) is 33.0. The molecule has 0 saturated heterocycles. The van der Waals surface area contributed by atoms with E-state index in [0.717, 1.165) is 76.3 Å². The predicted molar refractivity (Wildman–Crippen MR) is 211 cm³/mol. The van der Waals surface area contributed by atoms with E-state index >= 15 is 0 Å². The van der Waals surface area contributed by atoms with E-state index in [-0.39, 0.29) is 29.9 Å². The van der Waals surface area contributed by atoms with Gasteiger partial charge in [-0.3, -0.25) is 14.5 Å². The third-order valence-corrected chi connectivity index (χ3v) is 10.3. The van der Waals surface area contributed by atoms with E-state index in [0.29, 0.717) is 58.3 Å². The Labute approximate surface area is 312 Å². The number of esters is 2. The maximum atomic E-state index is 12.8. The number of aliphatic hydroxyl groups excluding tert-OH is 2. The van der Waals surface area contributed by atoms with Crippen LogP contribution in [0, 0.1) is 0 Å². The zero-order valence-electron chi connectivity index (χ0n) is 32.9. The molecule has 50 heavy (non-hydrogen) atoms. The highest BCUT2D eigenvalue weighted by atomic mass is 32.2. The van der Waals surface area contributed by atoms with E-state index in [1.807, 2.05) is 0 Å². The summed E-state index contributed by atoms with van der Waals surface area (Å²) in [5.41, 5.74) is 0. The summed E-state index contributed by atoms with van der Waals surface area (Å²) < 4.78 is 21.4. The van der Waals surface area contributed by atoms with Gasteiger partial charge in [-0.15, -0.1) is 0 Å². The molecular formula is C41H81NO7S. The zero-order valence-corrected chi connectivity index (χ0v) is 33.7. The molecule has 2 unspecified atom stereocenters. The number of carbonyl (C=O) groups is 2. The van der Waals surface area contributed by atoms with Gasteiger partial charge in [-0.1, -0.05) is 124 Å². The first kappa shape index (κ1) is 49.1. The summed E-state index contributed by atoms with van der Waals surface area (Å²) in [4.78, 5) is 26.9. The number of carbonyl (C=O) groups excluding carboxylic acids is 2. The summed E-state index contributed by atoms with van der Waals surface area (Å²) in [5, 5.41) is 20.1. The Morgan fingerprint density at radius 3 is 1.70 bits per heavy atom. The number of ether oxygens (including phenoxy) is 2. The minimum Gasteiger partial charge on any atom is -0.466 e. The molecule has 0 heterocycles. The second kappa shape index (κ2) is 37.9. The van der Waals surface area contributed by atoms with Crippen LogP contribution < -0.4 is 0 Å². The SMILES string of the molecule is CCCCCCCCC(CCCCCCCC)OC(=O)CCCCCC(CN(CCCO)CC(O)CCCC(=O)OCCCCCCC)SO. The standard InChI is InChI=1S/C41H81NO7S/c1-4-7-10-13-15-19-27-38(28-20-16-14-11-8-5-2)49-41(46)30-22-18-21-29-39(50-47)36-42(32-25-33-43)35-37(44)26-24-31-40(45)48-34-23-17-12-9-6-3/h37-39,43-44,47H,4-36H2,1-3H3. The number of hydrogen-bond donors (Lipinski definition) is 3. The van der Waals surface area contributed by atoms with E-state index < -0.39 is 6.10 Å². The maximum absolute atomic E-state index is 12.8. The molecule has 0 aliphatic carbocycles. The first-order chi connectivity index (χ1) is 24.4. The van der Waals surface area contributed by atoms with Crippen LogP contribution in [0.5, 0.6) is 0 Å². The lowest BCUT2D eigenvalue weighted by molar-refractivity contribution is -0.150. The Balaban J connectivity index is 4.47. The average Bonchev–Trinajstić information content (AvgIpc) is 3.10. The van der Waals surface area contributed by atoms with E-state index in [1.165, 1.54) is 83.5 Å². The van der Waals surface area contributed by atoms with Gasteiger partial charge in [-0.05, 0) is 76.3 Å². The summed E-state index contributed by atoms with van der Waals surface area (Å²) in [6, 6.07) is 0. The van der Waals surface area contributed by atoms with Crippen LogP contribution in [-0.4, -0.2) is 81.9 Å². The number of nitrogens with zero attached hydrogens (tertiary/aromatic N) is 1. The smallest absolute Gasteiger partial charge is 0.306 e. The molecule has 0 rings (SSSR count). The van der Waals surface area contributed by atoms with Gasteiger partial charge in [0, 0.05) is 44.3 Å². The van der Waals surface area contributed by atoms with E-state index in [2.05, 4.69) is 25.7 Å². The molecule has 3 N–H and O–H groups in total. The summed E-state index contributed by atoms with van der Waals surface area (Å²) in [6.45, 7) is 8.89. The van der Waals surface area contributed by atoms with Crippen molar-refractivity contribution >= 4 is 24.0 Å². The van der Waals surface area contributed by atoms with Crippen LogP contribution in [-0.2, 0) is 19.1 Å². The molecule has 9 heteroatoms. The molecule has 0 bridgehead atoms. The van der Waals surface area contributed by atoms with Crippen LogP contribution in [0.2, 0.25) is 0 Å². The zero-order chi connectivity index (χ0) is 36.9. The van der Waals surface area contributed by atoms with Crippen molar-refractivity contribution in [3.63, 3.8) is 0 Å². The van der Waals surface area contributed by atoms with Crippen molar-refractivity contribution < 1.29 is 33.8 Å². The van der Waals surface area contributed by atoms with Gasteiger partial charge in [-0.2, -0.15) is 0 Å². The second-order valence-corrected chi connectivity index (χ2v) is 15.4. The van der Waals surface area contributed by atoms with Crippen LogP contribution in [0.25, 0.3) is 0 Å². The van der Waals surface area contributed by atoms with Gasteiger partial charge in [0.25, 0.3) is 0 Å². The Morgan fingerprint density at radius 2 is 1.12 bits per heavy atom. The summed E-state index contributed by atoms with van der Waals surface area (Å²) in [7, 11) is 0. The molecule has 0 saturated carbocycles. The fourth-order valence-electron chi connectivity index (χ4n) is 6.48. The lowest BCUT2D eigenvalue weighted by atomic mass is 10.0. The lowest BCUT2D eigenvalue weighted by Gasteiger charge is -2.28. The van der Waals surface area contributed by atoms with Crippen molar-refractivity contribution in [1.82, 2.24) is 4.90 Å². The van der Waals surface area contributed by atoms with Crippen LogP contribution in [0.3, 0.4) is 0 Å². The molecule has 0 aromatic heterocycles. The average molecular weight is 732 g/mol. The van der Waals surface area contributed by atoms with Crippen molar-refractivity contribution in [3.8, 4) is 0 Å². The highest BCUT2D eigenvalue weighted by molar-refractivity contribution is 7.94. The Kier molecular flexibility index (Phi) is 37.2. The van der Waals surface area contributed by atoms with Crippen LogP contribution >= 0.6 is 12.0 Å². The molecule has 0 aromatic carbocycles. The second-order valence-electron chi connectivity index (χ2n) is 14.6. The van der Waals surface area contributed by atoms with Crippen LogP contribution in [0.15, 0.2) is 0 Å². The molecule has 298 valence electrons. The Morgan fingerprint density at radius 1 is 0.600 bits per heavy atom. The van der Waals surface area contributed by atoms with Gasteiger partial charge in [-0.25, -0.2) is 0 Å². The van der Waals surface area contributed by atoms with Crippen LogP contribution in [0.1, 0.15) is 201 Å². The Hall–Kier alpha value is -0.870. The molecule has 0 radical (unpaired) electrons. The molecule has 8 nitrogen and oxygen atoms in total. The number of unbranched alkanes of at least 4 members (excludes halogenated alkanes) is 16. The van der Waals surface area contributed by atoms with E-state index in [1.54, 1.807) is 0 Å². The van der Waals surface area contributed by atoms with Crippen LogP contribution in [0.4, 0.5) is 0 Å². The van der Waals surface area contributed by atoms with Gasteiger partial charge >= 0.3 is 11.9 Å². The summed E-state index contributed by atoms with van der Waals surface area (Å²) in [5.74, 6) is -0.268. The molecule has 0 aliphatic rings. The molecule has 0 spiro atoms. The minimum atomic E-state index is -0.586. The number of aliphatic hydroxyl groups is 2. The van der Waals surface area contributed by atoms with Crippen molar-refractivity contribution in [2.45, 2.75) is 218 Å². The lowest BCUT2D eigenvalue weighted by Crippen LogP contribution is -2.38. The first-order valence-electron chi connectivity index (χ1n) is 21.1. The normalized spacial score (nSPS) is 12.9. The molecule has 0 aliphatic heterocycles. The van der Waals surface area contributed by atoms with E-state index in [9.17, 15) is 24.4 Å².